The SMILES string of the molecule is CCCCCC=CC=C[CH]C(C)(C)C. The first-order chi connectivity index (χ1) is 6.56. The third kappa shape index (κ3) is 11.5. The Morgan fingerprint density at radius 2 is 1.64 bits per heavy atom. The van der Waals surface area contributed by atoms with Gasteiger partial charge in [-0.2, -0.15) is 0 Å². The van der Waals surface area contributed by atoms with Gasteiger partial charge < -0.3 is 0 Å². The first-order valence-electron chi connectivity index (χ1n) is 5.74. The van der Waals surface area contributed by atoms with E-state index in [1.54, 1.807) is 0 Å². The minimum atomic E-state index is 0.298. The molecule has 0 aromatic heterocycles. The van der Waals surface area contributed by atoms with E-state index in [0.29, 0.717) is 5.41 Å². The summed E-state index contributed by atoms with van der Waals surface area (Å²) < 4.78 is 0. The summed E-state index contributed by atoms with van der Waals surface area (Å²) in [6.07, 6.45) is 16.1. The quantitative estimate of drug-likeness (QED) is 0.414. The van der Waals surface area contributed by atoms with Gasteiger partial charge in [0, 0.05) is 0 Å². The number of rotatable bonds is 6. The van der Waals surface area contributed by atoms with Gasteiger partial charge in [0.15, 0.2) is 0 Å². The van der Waals surface area contributed by atoms with Gasteiger partial charge in [-0.05, 0) is 24.7 Å². The topological polar surface area (TPSA) is 0 Å². The van der Waals surface area contributed by atoms with Crippen LogP contribution in [0.25, 0.3) is 0 Å². The van der Waals surface area contributed by atoms with E-state index < -0.39 is 0 Å². The van der Waals surface area contributed by atoms with Gasteiger partial charge in [0.05, 0.1) is 0 Å². The molecule has 0 spiro atoms. The van der Waals surface area contributed by atoms with E-state index in [4.69, 9.17) is 0 Å². The zero-order chi connectivity index (χ0) is 10.9. The summed E-state index contributed by atoms with van der Waals surface area (Å²) in [5.41, 5.74) is 0.298. The van der Waals surface area contributed by atoms with Gasteiger partial charge in [-0.1, -0.05) is 64.8 Å². The summed E-state index contributed by atoms with van der Waals surface area (Å²) in [5, 5.41) is 0. The summed E-state index contributed by atoms with van der Waals surface area (Å²) in [6.45, 7) is 8.87. The molecule has 0 N–H and O–H groups in total. The summed E-state index contributed by atoms with van der Waals surface area (Å²) in [6, 6.07) is 0. The molecule has 0 fully saturated rings. The fraction of sp³-hybridized carbons (Fsp3) is 0.643. The van der Waals surface area contributed by atoms with Crippen LogP contribution in [-0.4, -0.2) is 0 Å². The highest BCUT2D eigenvalue weighted by atomic mass is 14.1. The van der Waals surface area contributed by atoms with Gasteiger partial charge in [-0.25, -0.2) is 0 Å². The van der Waals surface area contributed by atoms with E-state index in [-0.39, 0.29) is 0 Å². The van der Waals surface area contributed by atoms with Crippen molar-refractivity contribution >= 4 is 0 Å². The molecule has 1 radical (unpaired) electrons. The summed E-state index contributed by atoms with van der Waals surface area (Å²) in [4.78, 5) is 0. The van der Waals surface area contributed by atoms with Crippen molar-refractivity contribution in [3.63, 3.8) is 0 Å². The molecule has 0 heterocycles. The molecule has 14 heavy (non-hydrogen) atoms. The summed E-state index contributed by atoms with van der Waals surface area (Å²) >= 11 is 0. The molecule has 0 saturated carbocycles. The Morgan fingerprint density at radius 3 is 2.21 bits per heavy atom. The van der Waals surface area contributed by atoms with Crippen molar-refractivity contribution in [3.05, 3.63) is 30.7 Å². The van der Waals surface area contributed by atoms with Gasteiger partial charge in [-0.15, -0.1) is 0 Å². The molecule has 0 atom stereocenters. The molecule has 0 rings (SSSR count). The lowest BCUT2D eigenvalue weighted by atomic mass is 9.92. The van der Waals surface area contributed by atoms with Gasteiger partial charge in [0.25, 0.3) is 0 Å². The Morgan fingerprint density at radius 1 is 0.929 bits per heavy atom. The highest BCUT2D eigenvalue weighted by Gasteiger charge is 2.06. The lowest BCUT2D eigenvalue weighted by Gasteiger charge is -2.13. The van der Waals surface area contributed by atoms with Crippen molar-refractivity contribution < 1.29 is 0 Å². The first kappa shape index (κ1) is 13.5. The van der Waals surface area contributed by atoms with Crippen LogP contribution in [0.3, 0.4) is 0 Å². The van der Waals surface area contributed by atoms with Gasteiger partial charge in [-0.3, -0.25) is 0 Å². The maximum atomic E-state index is 2.25. The zero-order valence-electron chi connectivity index (χ0n) is 10.2. The minimum absolute atomic E-state index is 0.298. The summed E-state index contributed by atoms with van der Waals surface area (Å²) in [7, 11) is 0. The van der Waals surface area contributed by atoms with Crippen LogP contribution in [0.5, 0.6) is 0 Å². The van der Waals surface area contributed by atoms with E-state index in [1.807, 2.05) is 0 Å². The van der Waals surface area contributed by atoms with Crippen LogP contribution in [0.4, 0.5) is 0 Å². The Labute approximate surface area is 90.1 Å². The van der Waals surface area contributed by atoms with Crippen LogP contribution < -0.4 is 0 Å². The lowest BCUT2D eigenvalue weighted by Crippen LogP contribution is -2.02. The molecule has 0 aromatic rings. The van der Waals surface area contributed by atoms with E-state index in [1.165, 1.54) is 25.7 Å². The molecule has 0 heteroatoms. The van der Waals surface area contributed by atoms with Gasteiger partial charge in [0.1, 0.15) is 0 Å². The average Bonchev–Trinajstić information content (AvgIpc) is 2.08. The Kier molecular flexibility index (Phi) is 7.55. The van der Waals surface area contributed by atoms with Crippen LogP contribution >= 0.6 is 0 Å². The van der Waals surface area contributed by atoms with Crippen molar-refractivity contribution in [2.24, 2.45) is 5.41 Å². The Bertz CT molecular complexity index is 167. The van der Waals surface area contributed by atoms with Crippen LogP contribution in [0, 0.1) is 11.8 Å². The molecule has 0 saturated heterocycles. The molecule has 81 valence electrons. The molecule has 0 nitrogen and oxygen atoms in total. The second-order valence-corrected chi connectivity index (χ2v) is 4.84. The van der Waals surface area contributed by atoms with Crippen molar-refractivity contribution in [2.75, 3.05) is 0 Å². The molecule has 0 aliphatic heterocycles. The highest BCUT2D eigenvalue weighted by Crippen LogP contribution is 2.17. The normalized spacial score (nSPS) is 13.1. The lowest BCUT2D eigenvalue weighted by molar-refractivity contribution is 0.510. The van der Waals surface area contributed by atoms with E-state index in [0.717, 1.165) is 0 Å². The Balaban J connectivity index is 3.42. The number of hydrogen-bond acceptors (Lipinski definition) is 0. The van der Waals surface area contributed by atoms with Crippen LogP contribution in [0.1, 0.15) is 53.4 Å². The molecule has 0 unspecified atom stereocenters. The first-order valence-corrected chi connectivity index (χ1v) is 5.74. The van der Waals surface area contributed by atoms with E-state index >= 15 is 0 Å². The fourth-order valence-electron chi connectivity index (χ4n) is 1.10. The number of hydrogen-bond donors (Lipinski definition) is 0. The molecule has 0 bridgehead atoms. The van der Waals surface area contributed by atoms with Crippen molar-refractivity contribution in [1.29, 1.82) is 0 Å². The van der Waals surface area contributed by atoms with Crippen LogP contribution in [0.15, 0.2) is 24.3 Å². The summed E-state index contributed by atoms with van der Waals surface area (Å²) in [5.74, 6) is 0. The molecule has 0 aromatic carbocycles. The molecule has 0 amide bonds. The smallest absolute Gasteiger partial charge is 0.0114 e. The van der Waals surface area contributed by atoms with Crippen molar-refractivity contribution in [2.45, 2.75) is 53.4 Å². The minimum Gasteiger partial charge on any atom is -0.0845 e. The fourth-order valence-corrected chi connectivity index (χ4v) is 1.10. The largest absolute Gasteiger partial charge is 0.0845 e. The molecule has 0 aliphatic rings. The number of allylic oxidation sites excluding steroid dienone is 4. The average molecular weight is 193 g/mol. The van der Waals surface area contributed by atoms with E-state index in [2.05, 4.69) is 58.4 Å². The Hall–Kier alpha value is -0.520. The van der Waals surface area contributed by atoms with Crippen molar-refractivity contribution in [3.8, 4) is 0 Å². The highest BCUT2D eigenvalue weighted by molar-refractivity contribution is 5.09. The van der Waals surface area contributed by atoms with Crippen molar-refractivity contribution in [1.82, 2.24) is 0 Å². The third-order valence-electron chi connectivity index (χ3n) is 1.93. The zero-order valence-corrected chi connectivity index (χ0v) is 10.2. The molecule has 0 aliphatic carbocycles. The second kappa shape index (κ2) is 7.84. The maximum Gasteiger partial charge on any atom is -0.0114 e. The van der Waals surface area contributed by atoms with Crippen LogP contribution in [0.2, 0.25) is 0 Å². The standard InChI is InChI=1S/C14H25/c1-5-6-7-8-9-10-11-12-13-14(2,3)4/h9-13H,5-8H2,1-4H3. The van der Waals surface area contributed by atoms with E-state index in [9.17, 15) is 0 Å². The van der Waals surface area contributed by atoms with Gasteiger partial charge in [0.2, 0.25) is 0 Å². The van der Waals surface area contributed by atoms with Crippen LogP contribution in [-0.2, 0) is 0 Å². The number of unbranched alkanes of at least 4 members (excludes halogenated alkanes) is 3. The predicted molar refractivity (Wildman–Crippen MR) is 66.2 cm³/mol. The van der Waals surface area contributed by atoms with Gasteiger partial charge >= 0.3 is 0 Å². The molecular weight excluding hydrogens is 168 g/mol. The second-order valence-electron chi connectivity index (χ2n) is 4.84. The third-order valence-corrected chi connectivity index (χ3v) is 1.93. The molecular formula is C14H25. The maximum absolute atomic E-state index is 2.25. The monoisotopic (exact) mass is 193 g/mol. The predicted octanol–water partition coefficient (Wildman–Crippen LogP) is 4.93.